The molecule has 14 heavy (non-hydrogen) atoms. The van der Waals surface area contributed by atoms with Crippen molar-refractivity contribution in [1.29, 1.82) is 0 Å². The summed E-state index contributed by atoms with van der Waals surface area (Å²) < 4.78 is 4.90. The summed E-state index contributed by atoms with van der Waals surface area (Å²) >= 11 is 6.29. The molecule has 80 valence electrons. The minimum Gasteiger partial charge on any atom is -0.469 e. The molecule has 0 aromatic rings. The van der Waals surface area contributed by atoms with E-state index in [-0.39, 0.29) is 16.8 Å². The van der Waals surface area contributed by atoms with Gasteiger partial charge in [-0.3, -0.25) is 4.79 Å². The van der Waals surface area contributed by atoms with E-state index >= 15 is 0 Å². The fourth-order valence-electron chi connectivity index (χ4n) is 3.28. The lowest BCUT2D eigenvalue weighted by Crippen LogP contribution is -2.37. The zero-order chi connectivity index (χ0) is 10.3. The molecule has 3 heteroatoms. The van der Waals surface area contributed by atoms with Crippen LogP contribution in [0.1, 0.15) is 32.6 Å². The minimum atomic E-state index is -0.317. The van der Waals surface area contributed by atoms with Gasteiger partial charge in [0.2, 0.25) is 0 Å². The predicted molar refractivity (Wildman–Crippen MR) is 55.2 cm³/mol. The molecule has 4 atom stereocenters. The number of ether oxygens (including phenoxy) is 1. The van der Waals surface area contributed by atoms with Gasteiger partial charge in [-0.1, -0.05) is 0 Å². The van der Waals surface area contributed by atoms with Gasteiger partial charge in [-0.25, -0.2) is 0 Å². The molecule has 0 amide bonds. The molecule has 2 aliphatic rings. The Labute approximate surface area is 90.0 Å². The summed E-state index contributed by atoms with van der Waals surface area (Å²) in [6, 6.07) is 0. The lowest BCUT2D eigenvalue weighted by molar-refractivity contribution is -0.154. The molecule has 0 aromatic heterocycles. The maximum atomic E-state index is 11.7. The number of carbonyl (C=O) groups is 1. The van der Waals surface area contributed by atoms with Gasteiger partial charge in [-0.2, -0.15) is 0 Å². The minimum absolute atomic E-state index is 0.0717. The first-order chi connectivity index (χ1) is 6.58. The number of fused-ring (bicyclic) bond motifs is 2. The van der Waals surface area contributed by atoms with Crippen molar-refractivity contribution in [2.45, 2.75) is 38.0 Å². The maximum absolute atomic E-state index is 11.7. The van der Waals surface area contributed by atoms with Crippen LogP contribution in [0.2, 0.25) is 0 Å². The van der Waals surface area contributed by atoms with Crippen molar-refractivity contribution in [3.8, 4) is 0 Å². The summed E-state index contributed by atoms with van der Waals surface area (Å²) in [6.07, 6.45) is 4.31. The highest BCUT2D eigenvalue weighted by Crippen LogP contribution is 2.55. The molecule has 2 fully saturated rings. The number of esters is 1. The standard InChI is InChI=1S/C11H17ClO2/c1-11(10(13)14-2)6-7-3-4-9(12)8(11)5-7/h7-9H,3-6H2,1-2H3/t7-,8-,9-,11+/m0/s1. The Morgan fingerprint density at radius 3 is 2.86 bits per heavy atom. The second-order valence-corrected chi connectivity index (χ2v) is 5.48. The van der Waals surface area contributed by atoms with Gasteiger partial charge in [0.05, 0.1) is 12.5 Å². The van der Waals surface area contributed by atoms with E-state index in [0.29, 0.717) is 11.8 Å². The van der Waals surface area contributed by atoms with Gasteiger partial charge in [-0.15, -0.1) is 11.6 Å². The van der Waals surface area contributed by atoms with Crippen LogP contribution < -0.4 is 0 Å². The third kappa shape index (κ3) is 1.35. The fourth-order valence-corrected chi connectivity index (χ4v) is 3.79. The first-order valence-corrected chi connectivity index (χ1v) is 5.74. The van der Waals surface area contributed by atoms with E-state index in [2.05, 4.69) is 0 Å². The summed E-state index contributed by atoms with van der Waals surface area (Å²) in [7, 11) is 1.47. The van der Waals surface area contributed by atoms with Gasteiger partial charge < -0.3 is 4.74 Å². The number of hydrogen-bond donors (Lipinski definition) is 0. The molecule has 2 aliphatic carbocycles. The van der Waals surface area contributed by atoms with Crippen LogP contribution in [-0.2, 0) is 9.53 Å². The highest BCUT2D eigenvalue weighted by Gasteiger charge is 2.54. The van der Waals surface area contributed by atoms with Crippen molar-refractivity contribution < 1.29 is 9.53 Å². The molecular weight excluding hydrogens is 200 g/mol. The Kier molecular flexibility index (Phi) is 2.50. The Morgan fingerprint density at radius 2 is 2.21 bits per heavy atom. The topological polar surface area (TPSA) is 26.3 Å². The molecular formula is C11H17ClO2. The van der Waals surface area contributed by atoms with Gasteiger partial charge in [0.25, 0.3) is 0 Å². The lowest BCUT2D eigenvalue weighted by Gasteiger charge is -2.31. The first-order valence-electron chi connectivity index (χ1n) is 5.30. The van der Waals surface area contributed by atoms with Gasteiger partial charge in [0, 0.05) is 5.38 Å². The zero-order valence-electron chi connectivity index (χ0n) is 8.75. The molecule has 0 heterocycles. The van der Waals surface area contributed by atoms with Crippen molar-refractivity contribution in [1.82, 2.24) is 0 Å². The molecule has 0 spiro atoms. The largest absolute Gasteiger partial charge is 0.469 e. The third-order valence-corrected chi connectivity index (χ3v) is 4.58. The maximum Gasteiger partial charge on any atom is 0.311 e. The SMILES string of the molecule is COC(=O)[C@]1(C)C[C@H]2CC[C@H](Cl)[C@@H]1C2. The van der Waals surface area contributed by atoms with Crippen LogP contribution in [0.5, 0.6) is 0 Å². The van der Waals surface area contributed by atoms with E-state index in [0.717, 1.165) is 19.3 Å². The number of methoxy groups -OCH3 is 1. The van der Waals surface area contributed by atoms with Crippen LogP contribution in [0, 0.1) is 17.3 Å². The van der Waals surface area contributed by atoms with E-state index in [1.165, 1.54) is 13.5 Å². The molecule has 0 unspecified atom stereocenters. The normalized spacial score (nSPS) is 46.4. The summed E-state index contributed by atoms with van der Waals surface area (Å²) in [4.78, 5) is 11.7. The van der Waals surface area contributed by atoms with Crippen LogP contribution in [0.4, 0.5) is 0 Å². The van der Waals surface area contributed by atoms with Crippen molar-refractivity contribution in [3.05, 3.63) is 0 Å². The molecule has 2 rings (SSSR count). The number of rotatable bonds is 1. The Morgan fingerprint density at radius 1 is 1.50 bits per heavy atom. The van der Waals surface area contributed by atoms with E-state index in [1.54, 1.807) is 0 Å². The van der Waals surface area contributed by atoms with Crippen LogP contribution in [0.3, 0.4) is 0 Å². The molecule has 2 saturated carbocycles. The Balaban J connectivity index is 2.24. The van der Waals surface area contributed by atoms with Crippen molar-refractivity contribution in [3.63, 3.8) is 0 Å². The average Bonchev–Trinajstić information content (AvgIpc) is 2.47. The summed E-state index contributed by atoms with van der Waals surface area (Å²) in [6.45, 7) is 2.02. The van der Waals surface area contributed by atoms with Gasteiger partial charge in [-0.05, 0) is 44.4 Å². The molecule has 0 N–H and O–H groups in total. The highest BCUT2D eigenvalue weighted by atomic mass is 35.5. The van der Waals surface area contributed by atoms with Crippen molar-refractivity contribution in [2.24, 2.45) is 17.3 Å². The number of hydrogen-bond acceptors (Lipinski definition) is 2. The smallest absolute Gasteiger partial charge is 0.311 e. The molecule has 2 nitrogen and oxygen atoms in total. The van der Waals surface area contributed by atoms with E-state index in [1.807, 2.05) is 6.92 Å². The number of alkyl halides is 1. The number of halogens is 1. The van der Waals surface area contributed by atoms with E-state index < -0.39 is 0 Å². The van der Waals surface area contributed by atoms with Crippen LogP contribution in [-0.4, -0.2) is 18.5 Å². The Bertz CT molecular complexity index is 254. The van der Waals surface area contributed by atoms with Gasteiger partial charge >= 0.3 is 5.97 Å². The number of carbonyl (C=O) groups excluding carboxylic acids is 1. The first kappa shape index (κ1) is 10.3. The van der Waals surface area contributed by atoms with Gasteiger partial charge in [0.1, 0.15) is 0 Å². The summed E-state index contributed by atoms with van der Waals surface area (Å²) in [5.74, 6) is 0.951. The quantitative estimate of drug-likeness (QED) is 0.498. The van der Waals surface area contributed by atoms with Gasteiger partial charge in [0.15, 0.2) is 0 Å². The molecule has 0 aromatic carbocycles. The predicted octanol–water partition coefficient (Wildman–Crippen LogP) is 2.59. The molecule has 2 bridgehead atoms. The second-order valence-electron chi connectivity index (χ2n) is 4.91. The lowest BCUT2D eigenvalue weighted by atomic mass is 9.77. The zero-order valence-corrected chi connectivity index (χ0v) is 9.51. The summed E-state index contributed by atoms with van der Waals surface area (Å²) in [5.41, 5.74) is -0.317. The highest BCUT2D eigenvalue weighted by molar-refractivity contribution is 6.21. The van der Waals surface area contributed by atoms with Crippen molar-refractivity contribution in [2.75, 3.05) is 7.11 Å². The van der Waals surface area contributed by atoms with Crippen LogP contribution in [0.25, 0.3) is 0 Å². The monoisotopic (exact) mass is 216 g/mol. The van der Waals surface area contributed by atoms with E-state index in [9.17, 15) is 4.79 Å². The average molecular weight is 217 g/mol. The molecule has 0 aliphatic heterocycles. The Hall–Kier alpha value is -0.240. The van der Waals surface area contributed by atoms with Crippen molar-refractivity contribution >= 4 is 17.6 Å². The second kappa shape index (κ2) is 3.41. The fraction of sp³-hybridized carbons (Fsp3) is 0.909. The third-order valence-electron chi connectivity index (χ3n) is 4.06. The van der Waals surface area contributed by atoms with Crippen LogP contribution in [0.15, 0.2) is 0 Å². The summed E-state index contributed by atoms with van der Waals surface area (Å²) in [5, 5.41) is 0.165. The van der Waals surface area contributed by atoms with E-state index in [4.69, 9.17) is 16.3 Å². The molecule has 0 radical (unpaired) electrons. The van der Waals surface area contributed by atoms with Crippen LogP contribution >= 0.6 is 11.6 Å². The molecule has 0 saturated heterocycles.